The minimum absolute atomic E-state index is 0.113. The molecule has 15 heteroatoms. The summed E-state index contributed by atoms with van der Waals surface area (Å²) in [4.78, 5) is 11.9. The number of aryl methyl sites for hydroxylation is 1. The molecule has 0 bridgehead atoms. The first kappa shape index (κ1) is 22.6. The number of nitrogens with zero attached hydrogens (tertiary/aromatic N) is 2. The molecule has 0 saturated carbocycles. The number of carbonyl (C=O) groups is 1. The summed E-state index contributed by atoms with van der Waals surface area (Å²) in [6.07, 6.45) is 0. The second-order valence-corrected chi connectivity index (χ2v) is 9.41. The minimum Gasteiger partial charge on any atom is -0.464 e. The van der Waals surface area contributed by atoms with E-state index in [0.717, 1.165) is 19.2 Å². The van der Waals surface area contributed by atoms with Crippen molar-refractivity contribution in [2.75, 3.05) is 11.4 Å². The fourth-order valence-electron chi connectivity index (χ4n) is 2.63. The van der Waals surface area contributed by atoms with Crippen molar-refractivity contribution in [1.82, 2.24) is 5.16 Å². The van der Waals surface area contributed by atoms with Crippen LogP contribution in [0.25, 0.3) is 5.76 Å². The number of sulfonamides is 1. The number of hydrogen-bond acceptors (Lipinski definition) is 9. The fourth-order valence-corrected chi connectivity index (χ4v) is 4.79. The number of hydrogen-bond donors (Lipinski definition) is 0. The van der Waals surface area contributed by atoms with Crippen LogP contribution in [0.4, 0.5) is 19.1 Å². The molecular formula is C16H13F3N2O8S2. The topological polar surface area (TPSA) is 133 Å². The zero-order valence-electron chi connectivity index (χ0n) is 15.9. The zero-order valence-corrected chi connectivity index (χ0v) is 17.6. The molecule has 0 fully saturated rings. The highest BCUT2D eigenvalue weighted by atomic mass is 32.2. The first-order valence-corrected chi connectivity index (χ1v) is 11.0. The maximum Gasteiger partial charge on any atom is 0.534 e. The Labute approximate surface area is 174 Å². The molecule has 3 rings (SSSR count). The van der Waals surface area contributed by atoms with E-state index >= 15 is 0 Å². The van der Waals surface area contributed by atoms with Crippen molar-refractivity contribution < 1.29 is 48.2 Å². The van der Waals surface area contributed by atoms with Gasteiger partial charge in [-0.05, 0) is 26.0 Å². The quantitative estimate of drug-likeness (QED) is 0.365. The summed E-state index contributed by atoms with van der Waals surface area (Å²) in [6.45, 7) is 2.82. The molecule has 168 valence electrons. The van der Waals surface area contributed by atoms with Gasteiger partial charge < -0.3 is 13.4 Å². The lowest BCUT2D eigenvalue weighted by atomic mass is 10.1. The van der Waals surface area contributed by atoms with Crippen LogP contribution < -0.4 is 4.31 Å². The third-order valence-electron chi connectivity index (χ3n) is 4.24. The second kappa shape index (κ2) is 7.26. The molecule has 0 amide bonds. The summed E-state index contributed by atoms with van der Waals surface area (Å²) in [5, 5.41) is 3.58. The van der Waals surface area contributed by atoms with E-state index in [9.17, 15) is 34.8 Å². The predicted octanol–water partition coefficient (Wildman–Crippen LogP) is 2.21. The second-order valence-electron chi connectivity index (χ2n) is 6.12. The maximum atomic E-state index is 13.3. The number of aromatic nitrogens is 1. The number of anilines is 1. The molecule has 0 N–H and O–H groups in total. The molecule has 1 aromatic carbocycles. The lowest BCUT2D eigenvalue weighted by Crippen LogP contribution is -2.40. The van der Waals surface area contributed by atoms with Crippen molar-refractivity contribution in [3.8, 4) is 0 Å². The normalized spacial score (nSPS) is 16.1. The van der Waals surface area contributed by atoms with Gasteiger partial charge in [-0.2, -0.15) is 25.9 Å². The van der Waals surface area contributed by atoms with Gasteiger partial charge in [0.25, 0.3) is 10.0 Å². The maximum absolute atomic E-state index is 13.3. The van der Waals surface area contributed by atoms with Crippen LogP contribution in [0.2, 0.25) is 0 Å². The van der Waals surface area contributed by atoms with Gasteiger partial charge >= 0.3 is 21.6 Å². The molecule has 10 nitrogen and oxygen atoms in total. The summed E-state index contributed by atoms with van der Waals surface area (Å²) in [6, 6.07) is 4.43. The molecule has 1 aliphatic rings. The lowest BCUT2D eigenvalue weighted by Gasteiger charge is -2.30. The van der Waals surface area contributed by atoms with Crippen LogP contribution in [-0.4, -0.2) is 40.6 Å². The van der Waals surface area contributed by atoms with E-state index < -0.39 is 59.4 Å². The summed E-state index contributed by atoms with van der Waals surface area (Å²) in [7, 11) is -10.2. The van der Waals surface area contributed by atoms with E-state index in [1.165, 1.54) is 26.0 Å². The third-order valence-corrected chi connectivity index (χ3v) is 6.93. The molecule has 1 aliphatic heterocycles. The van der Waals surface area contributed by atoms with Crippen molar-refractivity contribution in [1.29, 1.82) is 0 Å². The first-order valence-electron chi connectivity index (χ1n) is 8.15. The van der Waals surface area contributed by atoms with Crippen molar-refractivity contribution in [3.63, 3.8) is 0 Å². The van der Waals surface area contributed by atoms with Crippen LogP contribution in [-0.2, 0) is 33.9 Å². The zero-order chi connectivity index (χ0) is 23.4. The Bertz CT molecular complexity index is 1310. The van der Waals surface area contributed by atoms with Crippen molar-refractivity contribution in [2.24, 2.45) is 0 Å². The van der Waals surface area contributed by atoms with Gasteiger partial charge in [0.05, 0.1) is 17.7 Å². The summed E-state index contributed by atoms with van der Waals surface area (Å²) < 4.78 is 103. The first-order chi connectivity index (χ1) is 14.2. The Morgan fingerprint density at radius 2 is 1.81 bits per heavy atom. The molecule has 2 heterocycles. The van der Waals surface area contributed by atoms with Crippen LogP contribution in [0.3, 0.4) is 0 Å². The highest BCUT2D eigenvalue weighted by Crippen LogP contribution is 2.43. The lowest BCUT2D eigenvalue weighted by molar-refractivity contribution is -0.136. The van der Waals surface area contributed by atoms with E-state index in [1.807, 2.05) is 0 Å². The van der Waals surface area contributed by atoms with Gasteiger partial charge in [-0.1, -0.05) is 17.3 Å². The highest BCUT2D eigenvalue weighted by molar-refractivity contribution is 7.93. The molecule has 1 aromatic heterocycles. The number of halogens is 3. The van der Waals surface area contributed by atoms with Crippen LogP contribution >= 0.6 is 0 Å². The average Bonchev–Trinajstić information content (AvgIpc) is 3.00. The van der Waals surface area contributed by atoms with E-state index in [0.29, 0.717) is 0 Å². The molecule has 31 heavy (non-hydrogen) atoms. The summed E-state index contributed by atoms with van der Waals surface area (Å²) >= 11 is 0. The van der Waals surface area contributed by atoms with Crippen LogP contribution in [0.15, 0.2) is 39.4 Å². The molecule has 0 atom stereocenters. The van der Waals surface area contributed by atoms with E-state index in [1.54, 1.807) is 0 Å². The highest BCUT2D eigenvalue weighted by Gasteiger charge is 2.52. The van der Waals surface area contributed by atoms with E-state index in [-0.39, 0.29) is 15.6 Å². The van der Waals surface area contributed by atoms with Gasteiger partial charge in [0.15, 0.2) is 11.5 Å². The van der Waals surface area contributed by atoms with Gasteiger partial charge in [-0.15, -0.1) is 0 Å². The van der Waals surface area contributed by atoms with Crippen LogP contribution in [0.1, 0.15) is 16.8 Å². The molecule has 0 spiro atoms. The molecule has 0 radical (unpaired) electrons. The number of ether oxygens (including phenoxy) is 1. The van der Waals surface area contributed by atoms with Crippen molar-refractivity contribution >= 4 is 37.8 Å². The molecule has 0 saturated heterocycles. The van der Waals surface area contributed by atoms with Gasteiger partial charge in [0.2, 0.25) is 5.88 Å². The number of rotatable bonds is 4. The number of fused-ring (bicyclic) bond motifs is 1. The minimum atomic E-state index is -6.30. The Kier molecular flexibility index (Phi) is 5.30. The molecule has 0 unspecified atom stereocenters. The monoisotopic (exact) mass is 482 g/mol. The smallest absolute Gasteiger partial charge is 0.464 e. The number of methoxy groups -OCH3 is 1. The molecular weight excluding hydrogens is 469 g/mol. The van der Waals surface area contributed by atoms with Crippen molar-refractivity contribution in [2.45, 2.75) is 24.3 Å². The molecule has 0 aliphatic carbocycles. The standard InChI is InChI=1S/C16H13F3N2O8S2/c1-8-9(2)20-28-14(8)21-12(15(22)27-3)13(29-31(25,26)16(17,18)19)10-6-4-5-7-11(10)30(21,23)24/h4-7H,1-3H3. The van der Waals surface area contributed by atoms with Crippen LogP contribution in [0.5, 0.6) is 0 Å². The summed E-state index contributed by atoms with van der Waals surface area (Å²) in [5.74, 6) is -3.26. The van der Waals surface area contributed by atoms with Crippen molar-refractivity contribution in [3.05, 3.63) is 46.8 Å². The van der Waals surface area contributed by atoms with Gasteiger partial charge in [-0.3, -0.25) is 0 Å². The Morgan fingerprint density at radius 1 is 1.19 bits per heavy atom. The Hall–Kier alpha value is -3.07. The largest absolute Gasteiger partial charge is 0.534 e. The van der Waals surface area contributed by atoms with Crippen LogP contribution in [0, 0.1) is 13.8 Å². The van der Waals surface area contributed by atoms with E-state index in [2.05, 4.69) is 14.1 Å². The van der Waals surface area contributed by atoms with Gasteiger partial charge in [-0.25, -0.2) is 13.2 Å². The number of alkyl halides is 3. The Morgan fingerprint density at radius 3 is 2.32 bits per heavy atom. The average molecular weight is 482 g/mol. The molecule has 2 aromatic rings. The Balaban J connectivity index is 2.46. The third kappa shape index (κ3) is 3.52. The predicted molar refractivity (Wildman–Crippen MR) is 97.1 cm³/mol. The van der Waals surface area contributed by atoms with Gasteiger partial charge in [0, 0.05) is 11.1 Å². The summed E-state index contributed by atoms with van der Waals surface area (Å²) in [5.41, 5.74) is -7.30. The fraction of sp³-hybridized carbons (Fsp3) is 0.250. The van der Waals surface area contributed by atoms with E-state index in [4.69, 9.17) is 4.52 Å². The number of carbonyl (C=O) groups excluding carboxylic acids is 1. The van der Waals surface area contributed by atoms with Gasteiger partial charge in [0.1, 0.15) is 0 Å². The SMILES string of the molecule is COC(=O)C1=C(OS(=O)(=O)C(F)(F)F)c2ccccc2S(=O)(=O)N1c1onc(C)c1C. The number of esters is 1. The number of benzene rings is 1.